The second kappa shape index (κ2) is 7.80. The third-order valence-corrected chi connectivity index (χ3v) is 4.47. The summed E-state index contributed by atoms with van der Waals surface area (Å²) in [7, 11) is 0. The summed E-state index contributed by atoms with van der Waals surface area (Å²) in [4.78, 5) is 0. The van der Waals surface area contributed by atoms with Crippen molar-refractivity contribution < 1.29 is 29.8 Å². The molecule has 0 fully saturated rings. The number of para-hydroxylation sites is 1. The molecule has 4 rings (SSSR count). The van der Waals surface area contributed by atoms with Gasteiger partial charge in [0, 0.05) is 24.0 Å². The molecule has 4 aromatic rings. The Bertz CT molecular complexity index is 1090. The largest absolute Gasteiger partial charge is 2.00 e. The van der Waals surface area contributed by atoms with E-state index in [9.17, 15) is 8.78 Å². The van der Waals surface area contributed by atoms with Crippen LogP contribution in [0, 0.1) is 23.8 Å². The molecule has 0 aliphatic heterocycles. The first-order chi connectivity index (χ1) is 12.9. The zero-order valence-corrected chi connectivity index (χ0v) is 17.4. The summed E-state index contributed by atoms with van der Waals surface area (Å²) in [6.07, 6.45) is 3.50. The smallest absolute Gasteiger partial charge is 0.284 e. The third kappa shape index (κ3) is 3.69. The fourth-order valence-corrected chi connectivity index (χ4v) is 2.84. The van der Waals surface area contributed by atoms with E-state index >= 15 is 0 Å². The van der Waals surface area contributed by atoms with E-state index < -0.39 is 17.0 Å². The van der Waals surface area contributed by atoms with Gasteiger partial charge in [-0.2, -0.15) is 40.5 Å². The monoisotopic (exact) mass is 557 g/mol. The van der Waals surface area contributed by atoms with Crippen molar-refractivity contribution in [3.8, 4) is 11.4 Å². The predicted octanol–water partition coefficient (Wildman–Crippen LogP) is 4.26. The summed E-state index contributed by atoms with van der Waals surface area (Å²) in [5.74, 6) is -1.39. The molecule has 0 N–H and O–H groups in total. The van der Waals surface area contributed by atoms with Gasteiger partial charge in [-0.25, -0.2) is 0 Å². The fraction of sp³-hybridized carbons (Fsp3) is 0.143. The second-order valence-electron chi connectivity index (χ2n) is 6.68. The Morgan fingerprint density at radius 2 is 1.61 bits per heavy atom. The van der Waals surface area contributed by atoms with E-state index in [0.29, 0.717) is 5.69 Å². The van der Waals surface area contributed by atoms with E-state index in [0.717, 1.165) is 23.5 Å². The van der Waals surface area contributed by atoms with Crippen molar-refractivity contribution in [3.05, 3.63) is 96.1 Å². The minimum atomic E-state index is -0.716. The summed E-state index contributed by atoms with van der Waals surface area (Å²) in [6, 6.07) is 18.9. The molecule has 2 aromatic heterocycles. The number of rotatable bonds is 4. The van der Waals surface area contributed by atoms with Gasteiger partial charge in [0.1, 0.15) is 0 Å². The van der Waals surface area contributed by atoms with Gasteiger partial charge in [0.15, 0.2) is 0 Å². The first kappa shape index (κ1) is 20.2. The van der Waals surface area contributed by atoms with Gasteiger partial charge in [-0.15, -0.1) is 18.2 Å². The first-order valence-corrected chi connectivity index (χ1v) is 8.41. The van der Waals surface area contributed by atoms with Crippen LogP contribution in [0.1, 0.15) is 25.2 Å². The summed E-state index contributed by atoms with van der Waals surface area (Å²) in [5, 5.41) is 9.11. The van der Waals surface area contributed by atoms with E-state index in [1.54, 1.807) is 16.9 Å². The Kier molecular flexibility index (Phi) is 5.61. The van der Waals surface area contributed by atoms with E-state index in [1.165, 1.54) is 4.68 Å². The van der Waals surface area contributed by atoms with Gasteiger partial charge in [-0.05, 0) is 37.4 Å². The Hall–Kier alpha value is -2.59. The minimum Gasteiger partial charge on any atom is -0.284 e. The molecule has 2 heterocycles. The Labute approximate surface area is 176 Å². The van der Waals surface area contributed by atoms with Crippen molar-refractivity contribution in [2.24, 2.45) is 0 Å². The van der Waals surface area contributed by atoms with Crippen LogP contribution >= 0.6 is 0 Å². The van der Waals surface area contributed by atoms with Gasteiger partial charge in [0.05, 0.1) is 16.8 Å². The molecule has 144 valence electrons. The third-order valence-electron chi connectivity index (χ3n) is 4.47. The van der Waals surface area contributed by atoms with Crippen molar-refractivity contribution in [3.63, 3.8) is 0 Å². The second-order valence-corrected chi connectivity index (χ2v) is 6.68. The van der Waals surface area contributed by atoms with Crippen molar-refractivity contribution >= 4 is 0 Å². The number of hydrogen-bond acceptors (Lipinski definition) is 2. The van der Waals surface area contributed by atoms with Crippen molar-refractivity contribution in [1.29, 1.82) is 0 Å². The van der Waals surface area contributed by atoms with Crippen LogP contribution in [-0.4, -0.2) is 19.6 Å². The van der Waals surface area contributed by atoms with Crippen molar-refractivity contribution in [2.75, 3.05) is 0 Å². The van der Waals surface area contributed by atoms with E-state index in [1.807, 2.05) is 50.4 Å². The van der Waals surface area contributed by atoms with Crippen LogP contribution in [0.3, 0.4) is 0 Å². The molecule has 0 unspecified atom stereocenters. The number of hydrogen-bond donors (Lipinski definition) is 0. The zero-order chi connectivity index (χ0) is 19.0. The van der Waals surface area contributed by atoms with Gasteiger partial charge < -0.3 is 0 Å². The van der Waals surface area contributed by atoms with Gasteiger partial charge in [0.2, 0.25) is 0 Å². The van der Waals surface area contributed by atoms with Gasteiger partial charge in [-0.3, -0.25) is 18.1 Å². The summed E-state index contributed by atoms with van der Waals surface area (Å²) in [6.45, 7) is 3.98. The molecule has 0 amide bonds. The fourth-order valence-electron chi connectivity index (χ4n) is 2.84. The van der Waals surface area contributed by atoms with Crippen LogP contribution in [0.15, 0.2) is 60.9 Å². The van der Waals surface area contributed by atoms with E-state index in [-0.39, 0.29) is 26.8 Å². The number of aromatic nitrogens is 4. The topological polar surface area (TPSA) is 35.6 Å². The minimum absolute atomic E-state index is 0. The molecule has 2 aromatic carbocycles. The molecular weight excluding hydrogens is 541 g/mol. The average Bonchev–Trinajstić information content (AvgIpc) is 3.33. The van der Waals surface area contributed by atoms with Crippen molar-refractivity contribution in [2.45, 2.75) is 19.3 Å². The van der Waals surface area contributed by atoms with Gasteiger partial charge in [0.25, 0.3) is 0 Å². The quantitative estimate of drug-likeness (QED) is 0.352. The molecule has 0 bridgehead atoms. The SMILES string of the molecule is CC(C)(c1ccn(-c2[c-]cccc2)n1)c1ccn(-c2[c-]cc(F)cc2F)n1.[Pt+2]. The molecule has 28 heavy (non-hydrogen) atoms. The van der Waals surface area contributed by atoms with Crippen LogP contribution in [-0.2, 0) is 26.5 Å². The van der Waals surface area contributed by atoms with Crippen LogP contribution < -0.4 is 0 Å². The van der Waals surface area contributed by atoms with Crippen LogP contribution in [0.5, 0.6) is 0 Å². The maximum Gasteiger partial charge on any atom is 2.00 e. The number of halogens is 2. The number of nitrogens with zero attached hydrogens (tertiary/aromatic N) is 4. The summed E-state index contributed by atoms with van der Waals surface area (Å²) >= 11 is 0. The Morgan fingerprint density at radius 1 is 0.929 bits per heavy atom. The van der Waals surface area contributed by atoms with Crippen molar-refractivity contribution in [1.82, 2.24) is 19.6 Å². The summed E-state index contributed by atoms with van der Waals surface area (Å²) < 4.78 is 30.2. The predicted molar refractivity (Wildman–Crippen MR) is 96.8 cm³/mol. The maximum atomic E-state index is 14.0. The van der Waals surface area contributed by atoms with Crippen LogP contribution in [0.4, 0.5) is 8.78 Å². The van der Waals surface area contributed by atoms with Crippen LogP contribution in [0.25, 0.3) is 11.4 Å². The number of benzene rings is 2. The molecule has 4 nitrogen and oxygen atoms in total. The molecule has 0 saturated carbocycles. The molecule has 0 aliphatic carbocycles. The first-order valence-electron chi connectivity index (χ1n) is 8.41. The zero-order valence-electron chi connectivity index (χ0n) is 15.1. The maximum absolute atomic E-state index is 14.0. The molecule has 0 aliphatic rings. The van der Waals surface area contributed by atoms with E-state index in [2.05, 4.69) is 22.3 Å². The van der Waals surface area contributed by atoms with E-state index in [4.69, 9.17) is 0 Å². The average molecular weight is 557 g/mol. The van der Waals surface area contributed by atoms with Crippen LogP contribution in [0.2, 0.25) is 0 Å². The summed E-state index contributed by atoms with van der Waals surface area (Å²) in [5.41, 5.74) is 1.92. The molecule has 0 radical (unpaired) electrons. The molecular formula is C21H16F2N4Pt. The van der Waals surface area contributed by atoms with Gasteiger partial charge in [-0.1, -0.05) is 0 Å². The molecule has 0 saturated heterocycles. The Balaban J connectivity index is 0.00000225. The Morgan fingerprint density at radius 3 is 2.25 bits per heavy atom. The normalized spacial score (nSPS) is 11.3. The standard InChI is InChI=1S/C21H16F2N4.Pt/c1-21(2,19-10-12-26(24-19)16-6-4-3-5-7-16)20-11-13-27(25-20)18-9-8-15(22)14-17(18)23;/h3-6,8,10-14H,1-2H3;/q-2;+2. The van der Waals surface area contributed by atoms with Gasteiger partial charge >= 0.3 is 21.1 Å². The molecule has 7 heteroatoms. The molecule has 0 atom stereocenters. The molecule has 0 spiro atoms.